The Hall–Kier alpha value is -4.13. The van der Waals surface area contributed by atoms with E-state index in [0.717, 1.165) is 6.20 Å². The van der Waals surface area contributed by atoms with Gasteiger partial charge in [0, 0.05) is 6.07 Å². The third-order valence-corrected chi connectivity index (χ3v) is 6.43. The lowest BCUT2D eigenvalue weighted by Gasteiger charge is -2.17. The van der Waals surface area contributed by atoms with Crippen LogP contribution in [0.25, 0.3) is 0 Å². The van der Waals surface area contributed by atoms with E-state index in [4.69, 9.17) is 5.26 Å². The predicted molar refractivity (Wildman–Crippen MR) is 114 cm³/mol. The molecule has 34 heavy (non-hydrogen) atoms. The lowest BCUT2D eigenvalue weighted by Crippen LogP contribution is -2.45. The molecular weight excluding hydrogens is 447 g/mol. The molecule has 2 aromatic carbocycles. The van der Waals surface area contributed by atoms with Gasteiger partial charge in [-0.15, -0.1) is 0 Å². The van der Waals surface area contributed by atoms with Crippen LogP contribution in [-0.4, -0.2) is 27.6 Å². The van der Waals surface area contributed by atoms with Crippen molar-refractivity contribution in [2.45, 2.75) is 25.4 Å². The predicted octanol–water partition coefficient (Wildman–Crippen LogP) is 3.32. The summed E-state index contributed by atoms with van der Waals surface area (Å²) in [5, 5.41) is 18.0. The molecule has 2 N–H and O–H groups in total. The Balaban J connectivity index is 1.36. The maximum Gasteiger partial charge on any atom is 0.275 e. The number of halogens is 3. The third kappa shape index (κ3) is 3.69. The zero-order valence-corrected chi connectivity index (χ0v) is 17.8. The normalized spacial score (nSPS) is 22.6. The van der Waals surface area contributed by atoms with E-state index in [1.54, 1.807) is 24.3 Å². The molecule has 1 fully saturated rings. The number of amides is 2. The number of fused-ring (bicyclic) bond motifs is 3. The van der Waals surface area contributed by atoms with Crippen molar-refractivity contribution in [3.05, 3.63) is 82.4 Å². The minimum atomic E-state index is -1.07. The molecule has 5 rings (SSSR count). The number of nitriles is 1. The summed E-state index contributed by atoms with van der Waals surface area (Å²) in [6.45, 7) is 1.95. The molecule has 1 saturated carbocycles. The Morgan fingerprint density at radius 2 is 2.03 bits per heavy atom. The Bertz CT molecular complexity index is 1380. The van der Waals surface area contributed by atoms with Crippen molar-refractivity contribution in [3.63, 3.8) is 0 Å². The highest BCUT2D eigenvalue weighted by Gasteiger charge is 2.57. The molecule has 2 heterocycles. The first-order valence-corrected chi connectivity index (χ1v) is 10.6. The minimum Gasteiger partial charge on any atom is -0.338 e. The van der Waals surface area contributed by atoms with Crippen molar-refractivity contribution in [1.82, 2.24) is 15.1 Å². The lowest BCUT2D eigenvalue weighted by molar-refractivity contribution is -0.118. The zero-order valence-electron chi connectivity index (χ0n) is 17.8. The van der Waals surface area contributed by atoms with Gasteiger partial charge in [0.2, 0.25) is 5.91 Å². The quantitative estimate of drug-likeness (QED) is 0.618. The summed E-state index contributed by atoms with van der Waals surface area (Å²) < 4.78 is 43.9. The fourth-order valence-corrected chi connectivity index (χ4v) is 4.79. The molecule has 3 aromatic rings. The molecule has 0 spiro atoms. The number of carbonyl (C=O) groups is 2. The van der Waals surface area contributed by atoms with Crippen molar-refractivity contribution < 1.29 is 22.8 Å². The fraction of sp³-hybridized carbons (Fsp3) is 0.250. The molecule has 10 heteroatoms. The minimum absolute atomic E-state index is 0.0995. The van der Waals surface area contributed by atoms with Crippen LogP contribution in [0.1, 0.15) is 40.0 Å². The molecule has 2 unspecified atom stereocenters. The van der Waals surface area contributed by atoms with Crippen LogP contribution in [0.4, 0.5) is 18.9 Å². The fourth-order valence-electron chi connectivity index (χ4n) is 4.79. The van der Waals surface area contributed by atoms with E-state index in [0.29, 0.717) is 22.8 Å². The molecule has 4 atom stereocenters. The number of hydrogen-bond acceptors (Lipinski definition) is 4. The van der Waals surface area contributed by atoms with Gasteiger partial charge in [0.15, 0.2) is 11.5 Å². The third-order valence-electron chi connectivity index (χ3n) is 6.43. The van der Waals surface area contributed by atoms with E-state index in [2.05, 4.69) is 15.7 Å². The number of aromatic nitrogens is 2. The molecule has 0 saturated heterocycles. The molecule has 7 nitrogen and oxygen atoms in total. The summed E-state index contributed by atoms with van der Waals surface area (Å²) in [6, 6.07) is 9.51. The highest BCUT2D eigenvalue weighted by Crippen LogP contribution is 2.59. The van der Waals surface area contributed by atoms with Crippen molar-refractivity contribution in [3.8, 4) is 6.07 Å². The van der Waals surface area contributed by atoms with E-state index in [1.165, 1.54) is 10.7 Å². The van der Waals surface area contributed by atoms with Gasteiger partial charge in [-0.3, -0.25) is 14.3 Å². The zero-order chi connectivity index (χ0) is 24.1. The van der Waals surface area contributed by atoms with Gasteiger partial charge in [0.1, 0.15) is 17.7 Å². The summed E-state index contributed by atoms with van der Waals surface area (Å²) in [7, 11) is 0. The largest absolute Gasteiger partial charge is 0.338 e. The molecular formula is C24H18F3N5O2. The smallest absolute Gasteiger partial charge is 0.275 e. The number of benzene rings is 2. The number of carbonyl (C=O) groups excluding carboxylic acids is 2. The van der Waals surface area contributed by atoms with Crippen molar-refractivity contribution in [1.29, 1.82) is 5.26 Å². The number of anilines is 1. The van der Waals surface area contributed by atoms with Crippen molar-refractivity contribution >= 4 is 17.5 Å². The highest BCUT2D eigenvalue weighted by molar-refractivity contribution is 6.02. The van der Waals surface area contributed by atoms with E-state index in [1.807, 2.05) is 13.0 Å². The first-order chi connectivity index (χ1) is 16.3. The van der Waals surface area contributed by atoms with Crippen LogP contribution in [0.5, 0.6) is 0 Å². The maximum absolute atomic E-state index is 14.5. The van der Waals surface area contributed by atoms with Gasteiger partial charge in [-0.2, -0.15) is 10.4 Å². The molecule has 2 amide bonds. The first kappa shape index (κ1) is 21.7. The van der Waals surface area contributed by atoms with Crippen LogP contribution in [-0.2, 0) is 11.3 Å². The summed E-state index contributed by atoms with van der Waals surface area (Å²) >= 11 is 0. The Kier molecular flexibility index (Phi) is 5.12. The number of rotatable bonds is 4. The van der Waals surface area contributed by atoms with Gasteiger partial charge in [-0.1, -0.05) is 19.1 Å². The second-order valence-electron chi connectivity index (χ2n) is 8.59. The van der Waals surface area contributed by atoms with Crippen molar-refractivity contribution in [2.75, 3.05) is 5.32 Å². The van der Waals surface area contributed by atoms with Gasteiger partial charge in [-0.25, -0.2) is 13.2 Å². The summed E-state index contributed by atoms with van der Waals surface area (Å²) in [5.74, 6) is -4.92. The second-order valence-corrected chi connectivity index (χ2v) is 8.59. The molecule has 172 valence electrons. The topological polar surface area (TPSA) is 99.8 Å². The molecule has 1 aromatic heterocycles. The van der Waals surface area contributed by atoms with E-state index < -0.39 is 46.9 Å². The number of nitrogens with zero attached hydrogens (tertiary/aromatic N) is 3. The van der Waals surface area contributed by atoms with Crippen LogP contribution in [0.3, 0.4) is 0 Å². The average Bonchev–Trinajstić information content (AvgIpc) is 3.34. The second kappa shape index (κ2) is 8.02. The average molecular weight is 465 g/mol. The lowest BCUT2D eigenvalue weighted by atomic mass is 10.0. The summed E-state index contributed by atoms with van der Waals surface area (Å²) in [5.41, 5.74) is 0.881. The van der Waals surface area contributed by atoms with Gasteiger partial charge in [-0.05, 0) is 47.1 Å². The molecule has 1 aliphatic heterocycles. The number of hydrogen-bond donors (Lipinski definition) is 2. The standard InChI is InChI=1S/C24H18F3N5O2/c1-11-18-15-6-14(25)7-16(26)20(15)29-24(34)22(19(11)18)30-23(33)21-17(27)10-32(31-21)9-13-4-2-3-12(5-13)8-28/h2-7,10-11,18-19,22H,9H2,1H3,(H,29,34)(H,30,33)/t11-,18?,19?,22-/m0/s1. The first-order valence-electron chi connectivity index (χ1n) is 10.6. The van der Waals surface area contributed by atoms with Gasteiger partial charge in [0.05, 0.1) is 30.1 Å². The molecule has 1 aliphatic carbocycles. The van der Waals surface area contributed by atoms with Crippen LogP contribution in [0, 0.1) is 40.6 Å². The molecule has 0 radical (unpaired) electrons. The maximum atomic E-state index is 14.5. The van der Waals surface area contributed by atoms with Crippen LogP contribution >= 0.6 is 0 Å². The Morgan fingerprint density at radius 1 is 1.24 bits per heavy atom. The van der Waals surface area contributed by atoms with Crippen molar-refractivity contribution in [2.24, 2.45) is 11.8 Å². The van der Waals surface area contributed by atoms with Gasteiger partial charge >= 0.3 is 0 Å². The number of nitrogens with one attached hydrogen (secondary N) is 2. The molecule has 0 bridgehead atoms. The van der Waals surface area contributed by atoms with Gasteiger partial charge < -0.3 is 10.6 Å². The van der Waals surface area contributed by atoms with Gasteiger partial charge in [0.25, 0.3) is 5.91 Å². The van der Waals surface area contributed by atoms with Crippen LogP contribution in [0.2, 0.25) is 0 Å². The highest BCUT2D eigenvalue weighted by atomic mass is 19.1. The van der Waals surface area contributed by atoms with E-state index >= 15 is 0 Å². The summed E-state index contributed by atoms with van der Waals surface area (Å²) in [4.78, 5) is 25.7. The van der Waals surface area contributed by atoms with E-state index in [9.17, 15) is 22.8 Å². The Morgan fingerprint density at radius 3 is 2.79 bits per heavy atom. The van der Waals surface area contributed by atoms with Crippen LogP contribution in [0.15, 0.2) is 42.6 Å². The monoisotopic (exact) mass is 465 g/mol. The Labute approximate surface area is 192 Å². The SMILES string of the molecule is C[C@H]1C2c3cc(F)cc(F)c3NC(=O)[C@@H](NC(=O)c3nn(Cc4cccc(C#N)c4)cc3F)C21. The van der Waals surface area contributed by atoms with Crippen LogP contribution < -0.4 is 10.6 Å². The van der Waals surface area contributed by atoms with E-state index in [-0.39, 0.29) is 24.1 Å². The molecule has 2 aliphatic rings. The summed E-state index contributed by atoms with van der Waals surface area (Å²) in [6.07, 6.45) is 1.05.